The highest BCUT2D eigenvalue weighted by molar-refractivity contribution is 4.56. The third-order valence-electron chi connectivity index (χ3n) is 10.0. The van der Waals surface area contributed by atoms with Gasteiger partial charge in [-0.15, -0.1) is 0 Å². The molecule has 0 saturated heterocycles. The lowest BCUT2D eigenvalue weighted by Gasteiger charge is -2.15. The Balaban J connectivity index is 3.23. The van der Waals surface area contributed by atoms with Gasteiger partial charge in [-0.05, 0) is 12.8 Å². The van der Waals surface area contributed by atoms with Crippen LogP contribution in [0.3, 0.4) is 0 Å². The number of aliphatic hydroxyl groups is 1. The minimum atomic E-state index is -0.152. The van der Waals surface area contributed by atoms with Gasteiger partial charge < -0.3 is 14.6 Å². The molecule has 0 aliphatic rings. The average Bonchev–Trinajstić information content (AvgIpc) is 3.07. The maximum atomic E-state index is 9.63. The Labute approximate surface area is 291 Å². The van der Waals surface area contributed by atoms with E-state index < -0.39 is 0 Å². The van der Waals surface area contributed by atoms with E-state index in [9.17, 15) is 5.11 Å². The summed E-state index contributed by atoms with van der Waals surface area (Å²) in [6.45, 7) is 6.76. The summed E-state index contributed by atoms with van der Waals surface area (Å²) in [5, 5.41) is 9.63. The topological polar surface area (TPSA) is 38.7 Å². The van der Waals surface area contributed by atoms with Crippen LogP contribution in [0.1, 0.15) is 245 Å². The highest BCUT2D eigenvalue weighted by Gasteiger charge is 2.07. The van der Waals surface area contributed by atoms with Crippen molar-refractivity contribution in [1.82, 2.24) is 0 Å². The lowest BCUT2D eigenvalue weighted by atomic mass is 10.0. The van der Waals surface area contributed by atoms with Gasteiger partial charge in [0.1, 0.15) is 6.10 Å². The molecule has 0 aromatic rings. The summed E-state index contributed by atoms with van der Waals surface area (Å²) >= 11 is 0. The Hall–Kier alpha value is -0.120. The Morgan fingerprint density at radius 1 is 0.326 bits per heavy atom. The maximum absolute atomic E-state index is 9.63. The number of hydrogen-bond acceptors (Lipinski definition) is 3. The van der Waals surface area contributed by atoms with Crippen molar-refractivity contribution in [1.29, 1.82) is 0 Å². The lowest BCUT2D eigenvalue weighted by Crippen LogP contribution is -2.24. The van der Waals surface area contributed by atoms with Crippen LogP contribution in [0.5, 0.6) is 0 Å². The van der Waals surface area contributed by atoms with E-state index >= 15 is 0 Å². The van der Waals surface area contributed by atoms with E-state index in [4.69, 9.17) is 9.47 Å². The predicted octanol–water partition coefficient (Wildman–Crippen LogP) is 14.5. The highest BCUT2D eigenvalue weighted by Crippen LogP contribution is 2.16. The van der Waals surface area contributed by atoms with Crippen molar-refractivity contribution < 1.29 is 14.6 Å². The van der Waals surface area contributed by atoms with Gasteiger partial charge in [0.15, 0.2) is 0 Å². The van der Waals surface area contributed by atoms with Crippen molar-refractivity contribution in [3.63, 3.8) is 0 Å². The standard InChI is InChI=1S/C43H88O3/c1-3-5-7-9-11-13-15-17-19-21-23-25-27-29-31-33-35-37-39-45-42-43(41-44)46-40-38-36-34-32-30-28-26-24-22-20-18-16-14-12-10-8-6-4-2/h43-44H,3-42H2,1-2H3/t43-/m1/s1. The first-order chi connectivity index (χ1) is 22.8. The van der Waals surface area contributed by atoms with Crippen LogP contribution in [0.15, 0.2) is 0 Å². The zero-order chi connectivity index (χ0) is 33.3. The summed E-state index contributed by atoms with van der Waals surface area (Å²) in [6.07, 6.45) is 50.2. The van der Waals surface area contributed by atoms with Gasteiger partial charge in [0, 0.05) is 13.2 Å². The summed E-state index contributed by atoms with van der Waals surface area (Å²) < 4.78 is 11.7. The van der Waals surface area contributed by atoms with Gasteiger partial charge in [0.2, 0.25) is 0 Å². The molecule has 46 heavy (non-hydrogen) atoms. The van der Waals surface area contributed by atoms with E-state index in [0.29, 0.717) is 6.61 Å². The Morgan fingerprint density at radius 2 is 0.565 bits per heavy atom. The highest BCUT2D eigenvalue weighted by atomic mass is 16.5. The van der Waals surface area contributed by atoms with Crippen molar-refractivity contribution >= 4 is 0 Å². The molecule has 0 heterocycles. The van der Waals surface area contributed by atoms with Crippen LogP contribution < -0.4 is 0 Å². The Kier molecular flexibility index (Phi) is 42.8. The number of unbranched alkanes of at least 4 members (excludes halogenated alkanes) is 34. The first kappa shape index (κ1) is 45.9. The van der Waals surface area contributed by atoms with Gasteiger partial charge in [-0.2, -0.15) is 0 Å². The van der Waals surface area contributed by atoms with Crippen molar-refractivity contribution in [3.05, 3.63) is 0 Å². The summed E-state index contributed by atoms with van der Waals surface area (Å²) in [5.41, 5.74) is 0. The van der Waals surface area contributed by atoms with Crippen molar-refractivity contribution in [2.75, 3.05) is 26.4 Å². The second kappa shape index (κ2) is 42.9. The SMILES string of the molecule is CCCCCCCCCCCCCCCCCCCCOC[C@@H](CO)OCCCCCCCCCCCCCCCCCCCC. The monoisotopic (exact) mass is 653 g/mol. The quantitative estimate of drug-likeness (QED) is 0.0667. The second-order valence-corrected chi connectivity index (χ2v) is 14.8. The average molecular weight is 653 g/mol. The zero-order valence-corrected chi connectivity index (χ0v) is 32.1. The van der Waals surface area contributed by atoms with Crippen molar-refractivity contribution in [2.24, 2.45) is 0 Å². The van der Waals surface area contributed by atoms with Crippen LogP contribution in [0.4, 0.5) is 0 Å². The van der Waals surface area contributed by atoms with Gasteiger partial charge in [-0.25, -0.2) is 0 Å². The van der Waals surface area contributed by atoms with Crippen LogP contribution >= 0.6 is 0 Å². The number of aliphatic hydroxyl groups excluding tert-OH is 1. The third kappa shape index (κ3) is 40.1. The molecular weight excluding hydrogens is 564 g/mol. The van der Waals surface area contributed by atoms with Gasteiger partial charge in [0.25, 0.3) is 0 Å². The van der Waals surface area contributed by atoms with E-state index in [1.54, 1.807) is 0 Å². The van der Waals surface area contributed by atoms with Gasteiger partial charge >= 0.3 is 0 Å². The van der Waals surface area contributed by atoms with Crippen molar-refractivity contribution in [3.8, 4) is 0 Å². The molecule has 1 N–H and O–H groups in total. The Bertz CT molecular complexity index is 510. The molecule has 0 aromatic heterocycles. The fourth-order valence-electron chi connectivity index (χ4n) is 6.73. The lowest BCUT2D eigenvalue weighted by molar-refractivity contribution is -0.0437. The fraction of sp³-hybridized carbons (Fsp3) is 1.00. The first-order valence-corrected chi connectivity index (χ1v) is 21.6. The van der Waals surface area contributed by atoms with Crippen LogP contribution in [-0.4, -0.2) is 37.6 Å². The molecule has 0 saturated carbocycles. The molecular formula is C43H88O3. The number of hydrogen-bond donors (Lipinski definition) is 1. The molecule has 0 fully saturated rings. The normalized spacial score (nSPS) is 12.3. The van der Waals surface area contributed by atoms with E-state index in [2.05, 4.69) is 13.8 Å². The molecule has 0 aromatic carbocycles. The summed E-state index contributed by atoms with van der Waals surface area (Å²) in [6, 6.07) is 0. The zero-order valence-electron chi connectivity index (χ0n) is 32.1. The van der Waals surface area contributed by atoms with E-state index in [1.807, 2.05) is 0 Å². The summed E-state index contributed by atoms with van der Waals surface area (Å²) in [5.74, 6) is 0. The molecule has 0 spiro atoms. The largest absolute Gasteiger partial charge is 0.394 e. The van der Waals surface area contributed by atoms with Crippen LogP contribution in [0.2, 0.25) is 0 Å². The number of ether oxygens (including phenoxy) is 2. The Morgan fingerprint density at radius 3 is 0.826 bits per heavy atom. The molecule has 0 amide bonds. The van der Waals surface area contributed by atoms with Crippen LogP contribution in [0, 0.1) is 0 Å². The molecule has 0 unspecified atom stereocenters. The van der Waals surface area contributed by atoms with Gasteiger partial charge in [-0.1, -0.05) is 232 Å². The molecule has 1 atom stereocenters. The van der Waals surface area contributed by atoms with E-state index in [-0.39, 0.29) is 12.7 Å². The number of rotatable bonds is 42. The summed E-state index contributed by atoms with van der Waals surface area (Å²) in [7, 11) is 0. The smallest absolute Gasteiger partial charge is 0.104 e. The molecule has 0 rings (SSSR count). The van der Waals surface area contributed by atoms with Crippen molar-refractivity contribution in [2.45, 2.75) is 251 Å². The maximum Gasteiger partial charge on any atom is 0.104 e. The molecule has 0 aliphatic heterocycles. The van der Waals surface area contributed by atoms with E-state index in [0.717, 1.165) is 26.1 Å². The van der Waals surface area contributed by atoms with Gasteiger partial charge in [-0.3, -0.25) is 0 Å². The van der Waals surface area contributed by atoms with Gasteiger partial charge in [0.05, 0.1) is 13.2 Å². The van der Waals surface area contributed by atoms with Crippen LogP contribution in [0.25, 0.3) is 0 Å². The summed E-state index contributed by atoms with van der Waals surface area (Å²) in [4.78, 5) is 0. The molecule has 0 radical (unpaired) electrons. The minimum Gasteiger partial charge on any atom is -0.394 e. The molecule has 3 nitrogen and oxygen atoms in total. The molecule has 278 valence electrons. The predicted molar refractivity (Wildman–Crippen MR) is 205 cm³/mol. The van der Waals surface area contributed by atoms with Crippen LogP contribution in [-0.2, 0) is 9.47 Å². The second-order valence-electron chi connectivity index (χ2n) is 14.8. The first-order valence-electron chi connectivity index (χ1n) is 21.6. The molecule has 0 aliphatic carbocycles. The van der Waals surface area contributed by atoms with E-state index in [1.165, 1.54) is 218 Å². The molecule has 3 heteroatoms. The third-order valence-corrected chi connectivity index (χ3v) is 10.0. The molecule has 0 bridgehead atoms. The fourth-order valence-corrected chi connectivity index (χ4v) is 6.73. The minimum absolute atomic E-state index is 0.0676.